The summed E-state index contributed by atoms with van der Waals surface area (Å²) in [5, 5.41) is 16.9. The van der Waals surface area contributed by atoms with E-state index in [1.54, 1.807) is 23.7 Å². The van der Waals surface area contributed by atoms with E-state index >= 15 is 0 Å². The Morgan fingerprint density at radius 2 is 1.88 bits per heavy atom. The van der Waals surface area contributed by atoms with Crippen LogP contribution < -0.4 is 10.6 Å². The van der Waals surface area contributed by atoms with Gasteiger partial charge in [-0.3, -0.25) is 9.59 Å². The lowest BCUT2D eigenvalue weighted by atomic mass is 10.1. The summed E-state index contributed by atoms with van der Waals surface area (Å²) in [6, 6.07) is 11.0. The number of piperazine rings is 1. The Morgan fingerprint density at radius 1 is 1.12 bits per heavy atom. The van der Waals surface area contributed by atoms with Gasteiger partial charge in [0.1, 0.15) is 0 Å². The van der Waals surface area contributed by atoms with E-state index < -0.39 is 15.9 Å². The Hall–Kier alpha value is -3.64. The molecule has 12 heteroatoms. The lowest BCUT2D eigenvalue weighted by Crippen LogP contribution is -2.49. The zero-order valence-electron chi connectivity index (χ0n) is 17.4. The van der Waals surface area contributed by atoms with Gasteiger partial charge in [-0.05, 0) is 66.2 Å². The number of sulfonamides is 1. The number of hydrogen-bond donors (Lipinski definition) is 2. The zero-order valence-corrected chi connectivity index (χ0v) is 18.3. The number of amides is 2. The Morgan fingerprint density at radius 3 is 2.53 bits per heavy atom. The van der Waals surface area contributed by atoms with E-state index in [0.29, 0.717) is 17.1 Å². The molecule has 0 saturated carbocycles. The standard InChI is InChI=1S/C20H21N7O4S/c1-13-3-6-16(11-18(13)27-14(2)23-24-25-27)22-20(29)15-4-7-17(8-5-15)32(30,31)26-10-9-21-19(28)12-26/h3-8,11H,9-10,12H2,1-2H3,(H,21,28)(H,22,29). The number of carbonyl (C=O) groups excluding carboxylic acids is 2. The van der Waals surface area contributed by atoms with E-state index in [-0.39, 0.29) is 30.4 Å². The van der Waals surface area contributed by atoms with Crippen molar-refractivity contribution in [3.05, 3.63) is 59.4 Å². The molecule has 1 aliphatic rings. The van der Waals surface area contributed by atoms with Crippen LogP contribution in [-0.2, 0) is 14.8 Å². The van der Waals surface area contributed by atoms with E-state index in [2.05, 4.69) is 26.2 Å². The summed E-state index contributed by atoms with van der Waals surface area (Å²) < 4.78 is 28.2. The van der Waals surface area contributed by atoms with Crippen LogP contribution in [0.15, 0.2) is 47.4 Å². The smallest absolute Gasteiger partial charge is 0.255 e. The molecule has 32 heavy (non-hydrogen) atoms. The van der Waals surface area contributed by atoms with Crippen LogP contribution in [0.25, 0.3) is 5.69 Å². The number of tetrazole rings is 1. The third-order valence-electron chi connectivity index (χ3n) is 5.08. The van der Waals surface area contributed by atoms with Gasteiger partial charge in [-0.2, -0.15) is 8.99 Å². The lowest BCUT2D eigenvalue weighted by Gasteiger charge is -2.25. The largest absolute Gasteiger partial charge is 0.354 e. The first-order valence-corrected chi connectivity index (χ1v) is 11.2. The Labute approximate surface area is 184 Å². The molecule has 1 fully saturated rings. The molecule has 11 nitrogen and oxygen atoms in total. The van der Waals surface area contributed by atoms with Gasteiger partial charge in [-0.15, -0.1) is 5.10 Å². The summed E-state index contributed by atoms with van der Waals surface area (Å²) in [6.45, 7) is 3.93. The molecular formula is C20H21N7O4S. The predicted octanol–water partition coefficient (Wildman–Crippen LogP) is 0.652. The SMILES string of the molecule is Cc1ccc(NC(=O)c2ccc(S(=O)(=O)N3CCNC(=O)C3)cc2)cc1-n1nnnc1C. The fourth-order valence-corrected chi connectivity index (χ4v) is 4.72. The highest BCUT2D eigenvalue weighted by molar-refractivity contribution is 7.89. The van der Waals surface area contributed by atoms with Crippen molar-refractivity contribution >= 4 is 27.5 Å². The maximum absolute atomic E-state index is 12.7. The van der Waals surface area contributed by atoms with Crippen LogP contribution in [-0.4, -0.2) is 64.4 Å². The minimum atomic E-state index is -3.82. The molecule has 2 heterocycles. The number of aromatic nitrogens is 4. The van der Waals surface area contributed by atoms with Gasteiger partial charge in [-0.25, -0.2) is 8.42 Å². The van der Waals surface area contributed by atoms with Gasteiger partial charge in [0, 0.05) is 24.3 Å². The summed E-state index contributed by atoms with van der Waals surface area (Å²) in [5.74, 6) is -0.126. The van der Waals surface area contributed by atoms with Crippen molar-refractivity contribution < 1.29 is 18.0 Å². The van der Waals surface area contributed by atoms with Gasteiger partial charge >= 0.3 is 0 Å². The monoisotopic (exact) mass is 455 g/mol. The first-order valence-electron chi connectivity index (χ1n) is 9.80. The number of aryl methyl sites for hydroxylation is 2. The highest BCUT2D eigenvalue weighted by Crippen LogP contribution is 2.21. The topological polar surface area (TPSA) is 139 Å². The highest BCUT2D eigenvalue weighted by atomic mass is 32.2. The normalized spacial score (nSPS) is 14.8. The quantitative estimate of drug-likeness (QED) is 0.576. The van der Waals surface area contributed by atoms with Crippen LogP contribution in [0.5, 0.6) is 0 Å². The number of benzene rings is 2. The number of carbonyl (C=O) groups is 2. The molecule has 1 aromatic heterocycles. The lowest BCUT2D eigenvalue weighted by molar-refractivity contribution is -0.122. The molecule has 1 saturated heterocycles. The van der Waals surface area contributed by atoms with Crippen molar-refractivity contribution in [1.82, 2.24) is 29.8 Å². The summed E-state index contributed by atoms with van der Waals surface area (Å²) in [6.07, 6.45) is 0. The molecule has 0 unspecified atom stereocenters. The molecule has 2 amide bonds. The molecule has 1 aliphatic heterocycles. The molecule has 166 valence electrons. The van der Waals surface area contributed by atoms with Gasteiger partial charge in [-0.1, -0.05) is 6.07 Å². The second-order valence-corrected chi connectivity index (χ2v) is 9.24. The van der Waals surface area contributed by atoms with Crippen molar-refractivity contribution in [3.63, 3.8) is 0 Å². The van der Waals surface area contributed by atoms with E-state index in [0.717, 1.165) is 15.6 Å². The summed E-state index contributed by atoms with van der Waals surface area (Å²) >= 11 is 0. The van der Waals surface area contributed by atoms with Crippen molar-refractivity contribution in [2.45, 2.75) is 18.7 Å². The summed E-state index contributed by atoms with van der Waals surface area (Å²) in [7, 11) is -3.82. The molecule has 2 N–H and O–H groups in total. The van der Waals surface area contributed by atoms with E-state index in [9.17, 15) is 18.0 Å². The van der Waals surface area contributed by atoms with Crippen molar-refractivity contribution in [3.8, 4) is 5.69 Å². The first kappa shape index (κ1) is 21.6. The van der Waals surface area contributed by atoms with Gasteiger partial charge < -0.3 is 10.6 Å². The zero-order chi connectivity index (χ0) is 22.9. The van der Waals surface area contributed by atoms with Crippen molar-refractivity contribution in [2.24, 2.45) is 0 Å². The number of hydrogen-bond acceptors (Lipinski definition) is 7. The molecule has 0 atom stereocenters. The van der Waals surface area contributed by atoms with E-state index in [1.165, 1.54) is 24.3 Å². The van der Waals surface area contributed by atoms with Crippen LogP contribution in [0.2, 0.25) is 0 Å². The molecule has 0 aliphatic carbocycles. The predicted molar refractivity (Wildman–Crippen MR) is 115 cm³/mol. The fraction of sp³-hybridized carbons (Fsp3) is 0.250. The summed E-state index contributed by atoms with van der Waals surface area (Å²) in [5.41, 5.74) is 2.50. The minimum Gasteiger partial charge on any atom is -0.354 e. The molecule has 2 aromatic carbocycles. The Kier molecular flexibility index (Phi) is 5.72. The second kappa shape index (κ2) is 8.48. The van der Waals surface area contributed by atoms with Crippen LogP contribution in [0.4, 0.5) is 5.69 Å². The van der Waals surface area contributed by atoms with Gasteiger partial charge in [0.2, 0.25) is 15.9 Å². The van der Waals surface area contributed by atoms with Crippen LogP contribution in [0.3, 0.4) is 0 Å². The Bertz CT molecular complexity index is 1290. The van der Waals surface area contributed by atoms with Crippen molar-refractivity contribution in [1.29, 1.82) is 0 Å². The third-order valence-corrected chi connectivity index (χ3v) is 6.94. The van der Waals surface area contributed by atoms with Crippen LogP contribution in [0, 0.1) is 13.8 Å². The van der Waals surface area contributed by atoms with E-state index in [1.807, 2.05) is 13.0 Å². The van der Waals surface area contributed by atoms with E-state index in [4.69, 9.17) is 0 Å². The number of anilines is 1. The molecule has 0 radical (unpaired) electrons. The average Bonchev–Trinajstić information content (AvgIpc) is 3.20. The molecule has 3 aromatic rings. The molecule has 4 rings (SSSR count). The van der Waals surface area contributed by atoms with Gasteiger partial charge in [0.25, 0.3) is 5.91 Å². The fourth-order valence-electron chi connectivity index (χ4n) is 3.32. The summed E-state index contributed by atoms with van der Waals surface area (Å²) in [4.78, 5) is 24.2. The maximum Gasteiger partial charge on any atom is 0.255 e. The maximum atomic E-state index is 12.7. The second-order valence-electron chi connectivity index (χ2n) is 7.31. The van der Waals surface area contributed by atoms with Gasteiger partial charge in [0.05, 0.1) is 17.1 Å². The minimum absolute atomic E-state index is 0.0236. The average molecular weight is 456 g/mol. The first-order chi connectivity index (χ1) is 15.3. The molecule has 0 spiro atoms. The molecular weight excluding hydrogens is 434 g/mol. The van der Waals surface area contributed by atoms with Crippen LogP contribution >= 0.6 is 0 Å². The Balaban J connectivity index is 1.51. The van der Waals surface area contributed by atoms with Gasteiger partial charge in [0.15, 0.2) is 5.82 Å². The van der Waals surface area contributed by atoms with Crippen LogP contribution in [0.1, 0.15) is 21.7 Å². The number of nitrogens with one attached hydrogen (secondary N) is 2. The number of nitrogens with zero attached hydrogens (tertiary/aromatic N) is 5. The highest BCUT2D eigenvalue weighted by Gasteiger charge is 2.29. The van der Waals surface area contributed by atoms with Crippen molar-refractivity contribution in [2.75, 3.05) is 25.0 Å². The number of rotatable bonds is 5. The molecule has 0 bridgehead atoms. The third kappa shape index (κ3) is 4.22.